The lowest BCUT2D eigenvalue weighted by Crippen LogP contribution is -2.46. The van der Waals surface area contributed by atoms with Crippen molar-refractivity contribution in [3.05, 3.63) is 35.6 Å². The van der Waals surface area contributed by atoms with E-state index in [4.69, 9.17) is 0 Å². The van der Waals surface area contributed by atoms with Crippen molar-refractivity contribution >= 4 is 5.91 Å². The molecule has 2 aliphatic heterocycles. The van der Waals surface area contributed by atoms with Crippen LogP contribution in [0.4, 0.5) is 4.39 Å². The van der Waals surface area contributed by atoms with E-state index in [1.807, 2.05) is 0 Å². The van der Waals surface area contributed by atoms with Crippen LogP contribution in [0.5, 0.6) is 0 Å². The monoisotopic (exact) mass is 262 g/mol. The Labute approximate surface area is 112 Å². The number of nitrogens with one attached hydrogen (secondary N) is 1. The van der Waals surface area contributed by atoms with Crippen LogP contribution in [0, 0.1) is 5.82 Å². The van der Waals surface area contributed by atoms with E-state index in [2.05, 4.69) is 10.2 Å². The number of carbonyl (C=O) groups is 1. The third-order valence-corrected chi connectivity index (χ3v) is 4.28. The first kappa shape index (κ1) is 12.6. The van der Waals surface area contributed by atoms with Crippen molar-refractivity contribution in [3.8, 4) is 0 Å². The maximum atomic E-state index is 12.8. The Hall–Kier alpha value is -1.42. The molecule has 0 spiro atoms. The molecule has 1 aromatic carbocycles. The maximum absolute atomic E-state index is 12.8. The van der Waals surface area contributed by atoms with E-state index >= 15 is 0 Å². The first-order valence-corrected chi connectivity index (χ1v) is 7.04. The van der Waals surface area contributed by atoms with E-state index in [0.29, 0.717) is 11.6 Å². The number of rotatable bonds is 2. The number of piperidine rings is 1. The number of amides is 1. The van der Waals surface area contributed by atoms with Crippen LogP contribution in [0.2, 0.25) is 0 Å². The van der Waals surface area contributed by atoms with Gasteiger partial charge in [-0.25, -0.2) is 4.39 Å². The van der Waals surface area contributed by atoms with Gasteiger partial charge in [0.15, 0.2) is 0 Å². The first-order chi connectivity index (χ1) is 9.24. The summed E-state index contributed by atoms with van der Waals surface area (Å²) in [4.78, 5) is 14.6. The van der Waals surface area contributed by atoms with Gasteiger partial charge >= 0.3 is 0 Å². The highest BCUT2D eigenvalue weighted by Crippen LogP contribution is 2.27. The largest absolute Gasteiger partial charge is 0.348 e. The first-order valence-electron chi connectivity index (χ1n) is 7.04. The van der Waals surface area contributed by atoms with Gasteiger partial charge in [-0.05, 0) is 50.1 Å². The van der Waals surface area contributed by atoms with Gasteiger partial charge in [-0.1, -0.05) is 6.42 Å². The number of carbonyl (C=O) groups excluding carboxylic acids is 1. The highest BCUT2D eigenvalue weighted by atomic mass is 19.1. The van der Waals surface area contributed by atoms with Crippen LogP contribution in [0.1, 0.15) is 36.0 Å². The molecule has 1 N–H and O–H groups in total. The highest BCUT2D eigenvalue weighted by molar-refractivity contribution is 5.94. The predicted octanol–water partition coefficient (Wildman–Crippen LogP) is 2.18. The van der Waals surface area contributed by atoms with E-state index in [9.17, 15) is 9.18 Å². The number of hydrogen-bond donors (Lipinski definition) is 1. The van der Waals surface area contributed by atoms with Crippen LogP contribution in [0.25, 0.3) is 0 Å². The van der Waals surface area contributed by atoms with Crippen molar-refractivity contribution in [1.29, 1.82) is 0 Å². The average molecular weight is 262 g/mol. The lowest BCUT2D eigenvalue weighted by molar-refractivity contribution is 0.0915. The Kier molecular flexibility index (Phi) is 3.51. The Bertz CT molecular complexity index is 460. The zero-order valence-corrected chi connectivity index (χ0v) is 10.9. The quantitative estimate of drug-likeness (QED) is 0.886. The molecule has 4 heteroatoms. The minimum Gasteiger partial charge on any atom is -0.348 e. The standard InChI is InChI=1S/C15H19FN2O/c16-12-6-4-11(5-7-12)15(19)17-13-8-10-18-9-2-1-3-14(13)18/h4-7,13-14H,1-3,8-10H2,(H,17,19)/t13-,14-/m0/s1. The summed E-state index contributed by atoms with van der Waals surface area (Å²) >= 11 is 0. The molecule has 1 amide bonds. The lowest BCUT2D eigenvalue weighted by Gasteiger charge is -2.32. The second-order valence-corrected chi connectivity index (χ2v) is 5.47. The molecule has 3 nitrogen and oxygen atoms in total. The molecule has 0 bridgehead atoms. The summed E-state index contributed by atoms with van der Waals surface area (Å²) in [5, 5.41) is 3.11. The SMILES string of the molecule is O=C(N[C@H]1CCN2CCCC[C@@H]12)c1ccc(F)cc1. The predicted molar refractivity (Wildman–Crippen MR) is 71.5 cm³/mol. The van der Waals surface area contributed by atoms with Crippen LogP contribution >= 0.6 is 0 Å². The van der Waals surface area contributed by atoms with Gasteiger partial charge in [-0.3, -0.25) is 9.69 Å². The van der Waals surface area contributed by atoms with Crippen molar-refractivity contribution in [2.75, 3.05) is 13.1 Å². The number of halogens is 1. The molecular weight excluding hydrogens is 243 g/mol. The number of fused-ring (bicyclic) bond motifs is 1. The summed E-state index contributed by atoms with van der Waals surface area (Å²) in [6.45, 7) is 2.24. The molecule has 3 rings (SSSR count). The fraction of sp³-hybridized carbons (Fsp3) is 0.533. The van der Waals surface area contributed by atoms with Crippen molar-refractivity contribution < 1.29 is 9.18 Å². The summed E-state index contributed by atoms with van der Waals surface area (Å²) < 4.78 is 12.8. The van der Waals surface area contributed by atoms with Gasteiger partial charge in [0, 0.05) is 24.2 Å². The molecule has 0 unspecified atom stereocenters. The molecule has 0 aromatic heterocycles. The molecule has 0 saturated carbocycles. The maximum Gasteiger partial charge on any atom is 0.251 e. The summed E-state index contributed by atoms with van der Waals surface area (Å²) in [6.07, 6.45) is 4.73. The van der Waals surface area contributed by atoms with Crippen LogP contribution in [0.15, 0.2) is 24.3 Å². The molecule has 2 aliphatic rings. The average Bonchev–Trinajstić information content (AvgIpc) is 2.83. The Morgan fingerprint density at radius 2 is 1.95 bits per heavy atom. The normalized spacial score (nSPS) is 27.0. The van der Waals surface area contributed by atoms with Gasteiger partial charge in [0.2, 0.25) is 0 Å². The van der Waals surface area contributed by atoms with Gasteiger partial charge in [0.25, 0.3) is 5.91 Å². The van der Waals surface area contributed by atoms with E-state index < -0.39 is 0 Å². The highest BCUT2D eigenvalue weighted by Gasteiger charge is 2.36. The smallest absolute Gasteiger partial charge is 0.251 e. The third-order valence-electron chi connectivity index (χ3n) is 4.28. The summed E-state index contributed by atoms with van der Waals surface area (Å²) in [7, 11) is 0. The van der Waals surface area contributed by atoms with Crippen molar-refractivity contribution in [2.24, 2.45) is 0 Å². The Morgan fingerprint density at radius 3 is 2.74 bits per heavy atom. The molecule has 19 heavy (non-hydrogen) atoms. The van der Waals surface area contributed by atoms with E-state index in [0.717, 1.165) is 19.5 Å². The fourth-order valence-electron chi connectivity index (χ4n) is 3.27. The molecule has 0 aliphatic carbocycles. The summed E-state index contributed by atoms with van der Waals surface area (Å²) in [6, 6.07) is 6.49. The zero-order valence-electron chi connectivity index (χ0n) is 10.9. The molecule has 1 aromatic rings. The minimum absolute atomic E-state index is 0.0857. The van der Waals surface area contributed by atoms with Crippen LogP contribution < -0.4 is 5.32 Å². The number of hydrogen-bond acceptors (Lipinski definition) is 2. The molecule has 2 heterocycles. The summed E-state index contributed by atoms with van der Waals surface area (Å²) in [5.74, 6) is -0.395. The molecule has 2 atom stereocenters. The fourth-order valence-corrected chi connectivity index (χ4v) is 3.27. The van der Waals surface area contributed by atoms with Gasteiger partial charge in [0.05, 0.1) is 0 Å². The van der Waals surface area contributed by atoms with Crippen LogP contribution in [-0.4, -0.2) is 36.0 Å². The van der Waals surface area contributed by atoms with E-state index in [1.54, 1.807) is 0 Å². The number of nitrogens with zero attached hydrogens (tertiary/aromatic N) is 1. The molecule has 2 saturated heterocycles. The van der Waals surface area contributed by atoms with Gasteiger partial charge in [0.1, 0.15) is 5.82 Å². The second-order valence-electron chi connectivity index (χ2n) is 5.47. The summed E-state index contributed by atoms with van der Waals surface area (Å²) in [5.41, 5.74) is 0.538. The topological polar surface area (TPSA) is 32.3 Å². The molecule has 0 radical (unpaired) electrons. The third kappa shape index (κ3) is 2.63. The number of benzene rings is 1. The molecule has 2 fully saturated rings. The Morgan fingerprint density at radius 1 is 1.16 bits per heavy atom. The van der Waals surface area contributed by atoms with Crippen LogP contribution in [0.3, 0.4) is 0 Å². The van der Waals surface area contributed by atoms with Crippen molar-refractivity contribution in [2.45, 2.75) is 37.8 Å². The van der Waals surface area contributed by atoms with Crippen molar-refractivity contribution in [3.63, 3.8) is 0 Å². The van der Waals surface area contributed by atoms with E-state index in [-0.39, 0.29) is 17.8 Å². The lowest BCUT2D eigenvalue weighted by atomic mass is 9.99. The minimum atomic E-state index is -0.309. The van der Waals surface area contributed by atoms with Crippen LogP contribution in [-0.2, 0) is 0 Å². The zero-order chi connectivity index (χ0) is 13.2. The van der Waals surface area contributed by atoms with E-state index in [1.165, 1.54) is 43.5 Å². The second kappa shape index (κ2) is 5.29. The van der Waals surface area contributed by atoms with Crippen molar-refractivity contribution in [1.82, 2.24) is 10.2 Å². The van der Waals surface area contributed by atoms with Gasteiger partial charge in [-0.2, -0.15) is 0 Å². The van der Waals surface area contributed by atoms with Gasteiger partial charge in [-0.15, -0.1) is 0 Å². The molecular formula is C15H19FN2O. The molecule has 102 valence electrons. The Balaban J connectivity index is 1.65. The van der Waals surface area contributed by atoms with Gasteiger partial charge < -0.3 is 5.32 Å².